The van der Waals surface area contributed by atoms with Crippen LogP contribution in [0.2, 0.25) is 0 Å². The van der Waals surface area contributed by atoms with Crippen LogP contribution in [-0.2, 0) is 19.6 Å². The van der Waals surface area contributed by atoms with Gasteiger partial charge in [-0.1, -0.05) is 43.0 Å². The zero-order valence-electron chi connectivity index (χ0n) is 21.5. The highest BCUT2D eigenvalue weighted by Crippen LogP contribution is 2.25. The normalized spacial score (nSPS) is 18.1. The molecule has 1 saturated heterocycles. The second-order valence-electron chi connectivity index (χ2n) is 9.58. The highest BCUT2D eigenvalue weighted by molar-refractivity contribution is 7.88. The summed E-state index contributed by atoms with van der Waals surface area (Å²) >= 11 is 0. The van der Waals surface area contributed by atoms with Crippen LogP contribution in [-0.4, -0.2) is 86.5 Å². The third-order valence-electron chi connectivity index (χ3n) is 6.71. The molecule has 10 nitrogen and oxygen atoms in total. The van der Waals surface area contributed by atoms with Crippen LogP contribution in [0.3, 0.4) is 0 Å². The number of ether oxygens (including phenoxy) is 1. The molecule has 0 spiro atoms. The van der Waals surface area contributed by atoms with Gasteiger partial charge in [-0.15, -0.1) is 0 Å². The Labute approximate surface area is 216 Å². The monoisotopic (exact) mass is 524 g/mol. The number of hydrogen-bond donors (Lipinski definition) is 3. The van der Waals surface area contributed by atoms with E-state index in [-0.39, 0.29) is 17.8 Å². The van der Waals surface area contributed by atoms with E-state index in [4.69, 9.17) is 15.0 Å². The van der Waals surface area contributed by atoms with E-state index in [1.54, 1.807) is 24.5 Å². The minimum absolute atomic E-state index is 0.0507. The van der Waals surface area contributed by atoms with Crippen LogP contribution in [0.25, 0.3) is 0 Å². The van der Waals surface area contributed by atoms with Gasteiger partial charge in [0.1, 0.15) is 0 Å². The van der Waals surface area contributed by atoms with Crippen molar-refractivity contribution in [2.75, 3.05) is 57.1 Å². The molecule has 1 aromatic heterocycles. The number of hydrogen-bond acceptors (Lipinski definition) is 7. The number of sulfonamides is 1. The maximum absolute atomic E-state index is 13.3. The Hall–Kier alpha value is -1.79. The Balaban J connectivity index is 1.36. The summed E-state index contributed by atoms with van der Waals surface area (Å²) in [5.74, 6) is 0.366. The van der Waals surface area contributed by atoms with E-state index >= 15 is 0 Å². The van der Waals surface area contributed by atoms with Crippen LogP contribution < -0.4 is 10.6 Å². The van der Waals surface area contributed by atoms with Gasteiger partial charge in [-0.3, -0.25) is 20.1 Å². The first-order valence-corrected chi connectivity index (χ1v) is 15.1. The predicted octanol–water partition coefficient (Wildman–Crippen LogP) is 3.20. The quantitative estimate of drug-likeness (QED) is 0.112. The molecule has 2 fully saturated rings. The molecular weight excluding hydrogens is 480 g/mol. The van der Waals surface area contributed by atoms with Gasteiger partial charge in [0, 0.05) is 44.3 Å². The van der Waals surface area contributed by atoms with Gasteiger partial charge in [-0.05, 0) is 37.8 Å². The van der Waals surface area contributed by atoms with Gasteiger partial charge < -0.3 is 15.4 Å². The number of nitrogens with one attached hydrogen (secondary N) is 3. The average Bonchev–Trinajstić information content (AvgIpc) is 3.16. The fourth-order valence-corrected chi connectivity index (χ4v) is 6.31. The number of pyridine rings is 1. The topological polar surface area (TPSA) is 120 Å². The van der Waals surface area contributed by atoms with Gasteiger partial charge in [0.15, 0.2) is 5.96 Å². The van der Waals surface area contributed by atoms with Gasteiger partial charge >= 0.3 is 0 Å². The Morgan fingerprint density at radius 3 is 2.50 bits per heavy atom. The van der Waals surface area contributed by atoms with Gasteiger partial charge in [0.05, 0.1) is 31.6 Å². The smallest absolute Gasteiger partial charge is 0.236 e. The van der Waals surface area contributed by atoms with Gasteiger partial charge in [-0.25, -0.2) is 8.42 Å². The Bertz CT molecular complexity index is 843. The van der Waals surface area contributed by atoms with E-state index in [1.165, 1.54) is 17.3 Å². The lowest BCUT2D eigenvalue weighted by Gasteiger charge is -2.31. The van der Waals surface area contributed by atoms with E-state index in [9.17, 15) is 8.42 Å². The third-order valence-corrected chi connectivity index (χ3v) is 8.46. The molecule has 204 valence electrons. The molecule has 1 aromatic rings. The van der Waals surface area contributed by atoms with Gasteiger partial charge in [0.2, 0.25) is 10.0 Å². The van der Waals surface area contributed by atoms with Crippen molar-refractivity contribution < 1.29 is 18.0 Å². The summed E-state index contributed by atoms with van der Waals surface area (Å²) in [6.45, 7) is 4.97. The molecule has 0 unspecified atom stereocenters. The van der Waals surface area contributed by atoms with E-state index in [0.717, 1.165) is 83.5 Å². The molecule has 0 radical (unpaired) electrons. The van der Waals surface area contributed by atoms with E-state index < -0.39 is 10.0 Å². The summed E-state index contributed by atoms with van der Waals surface area (Å²) in [6.07, 6.45) is 12.8. The fraction of sp³-hybridized carbons (Fsp3) is 0.760. The molecule has 1 aliphatic carbocycles. The lowest BCUT2D eigenvalue weighted by molar-refractivity contribution is -0.122. The van der Waals surface area contributed by atoms with Gasteiger partial charge in [-0.2, -0.15) is 0 Å². The molecule has 0 bridgehead atoms. The summed E-state index contributed by atoms with van der Waals surface area (Å²) in [5, 5.41) is 14.0. The Morgan fingerprint density at radius 2 is 1.78 bits per heavy atom. The van der Waals surface area contributed by atoms with Gasteiger partial charge in [0.25, 0.3) is 0 Å². The number of nitrogens with zero attached hydrogens (tertiary/aromatic N) is 3. The lowest BCUT2D eigenvalue weighted by atomic mass is 10.1. The molecular formula is C25H44N6O4S. The number of guanidine groups is 1. The molecule has 2 aliphatic rings. The first-order chi connectivity index (χ1) is 17.5. The number of unbranched alkanes of at least 4 members (excludes halogenated alkanes) is 3. The van der Waals surface area contributed by atoms with Crippen molar-refractivity contribution in [1.82, 2.24) is 19.7 Å². The van der Waals surface area contributed by atoms with Crippen molar-refractivity contribution in [2.24, 2.45) is 0 Å². The average molecular weight is 525 g/mol. The van der Waals surface area contributed by atoms with E-state index in [2.05, 4.69) is 20.5 Å². The maximum Gasteiger partial charge on any atom is 0.236 e. The number of aromatic nitrogens is 1. The highest BCUT2D eigenvalue weighted by Gasteiger charge is 2.31. The third kappa shape index (κ3) is 10.7. The summed E-state index contributed by atoms with van der Waals surface area (Å²) in [5.41, 5.74) is 0.818. The number of rotatable bonds is 14. The zero-order chi connectivity index (χ0) is 25.5. The lowest BCUT2D eigenvalue weighted by Crippen LogP contribution is -2.44. The van der Waals surface area contributed by atoms with E-state index in [0.29, 0.717) is 19.6 Å². The van der Waals surface area contributed by atoms with Crippen LogP contribution in [0.5, 0.6) is 0 Å². The van der Waals surface area contributed by atoms with Crippen molar-refractivity contribution in [2.45, 2.75) is 70.3 Å². The molecule has 0 amide bonds. The molecule has 1 saturated carbocycles. The summed E-state index contributed by atoms with van der Waals surface area (Å²) in [7, 11) is -3.48. The number of morpholine rings is 1. The second kappa shape index (κ2) is 16.1. The van der Waals surface area contributed by atoms with Crippen molar-refractivity contribution >= 4 is 21.7 Å². The fourth-order valence-electron chi connectivity index (χ4n) is 4.66. The standard InChI is InChI=1S/C25H44N6O4S/c26-25(29-23-11-14-27-15-12-23)28-13-7-3-4-8-22-36(32,33)31(24-9-5-1-2-6-10-24)35-21-18-30-16-19-34-20-17-30/h11-12,14-15,24H,1-10,13,16-22H2,(H3,26,27,28,29). The van der Waals surface area contributed by atoms with Crippen molar-refractivity contribution in [1.29, 1.82) is 5.41 Å². The highest BCUT2D eigenvalue weighted by atomic mass is 32.2. The van der Waals surface area contributed by atoms with Crippen molar-refractivity contribution in [3.63, 3.8) is 0 Å². The maximum atomic E-state index is 13.3. The second-order valence-corrected chi connectivity index (χ2v) is 11.5. The zero-order valence-corrected chi connectivity index (χ0v) is 22.3. The van der Waals surface area contributed by atoms with E-state index in [1.807, 2.05) is 0 Å². The Morgan fingerprint density at radius 1 is 1.08 bits per heavy atom. The minimum atomic E-state index is -3.48. The summed E-state index contributed by atoms with van der Waals surface area (Å²) in [4.78, 5) is 12.2. The van der Waals surface area contributed by atoms with Crippen LogP contribution in [0.1, 0.15) is 64.2 Å². The number of anilines is 1. The molecule has 3 N–H and O–H groups in total. The predicted molar refractivity (Wildman–Crippen MR) is 142 cm³/mol. The molecule has 2 heterocycles. The molecule has 11 heteroatoms. The van der Waals surface area contributed by atoms with Crippen molar-refractivity contribution in [3.05, 3.63) is 24.5 Å². The SMILES string of the molecule is N=C(NCCCCCCS(=O)(=O)N(OCCN1CCOCC1)C1CCCCCC1)Nc1ccncc1. The molecule has 1 aliphatic heterocycles. The summed E-state index contributed by atoms with van der Waals surface area (Å²) in [6, 6.07) is 3.56. The Kier molecular flexibility index (Phi) is 12.9. The number of hydroxylamine groups is 1. The first kappa shape index (κ1) is 28.8. The summed E-state index contributed by atoms with van der Waals surface area (Å²) < 4.78 is 33.4. The van der Waals surface area contributed by atoms with Crippen LogP contribution in [0, 0.1) is 5.41 Å². The van der Waals surface area contributed by atoms with Crippen LogP contribution >= 0.6 is 0 Å². The van der Waals surface area contributed by atoms with Crippen LogP contribution in [0.4, 0.5) is 5.69 Å². The first-order valence-electron chi connectivity index (χ1n) is 13.5. The molecule has 3 rings (SSSR count). The molecule has 36 heavy (non-hydrogen) atoms. The molecule has 0 atom stereocenters. The molecule has 0 aromatic carbocycles. The van der Waals surface area contributed by atoms with Crippen LogP contribution in [0.15, 0.2) is 24.5 Å². The largest absolute Gasteiger partial charge is 0.379 e. The van der Waals surface area contributed by atoms with Crippen molar-refractivity contribution in [3.8, 4) is 0 Å². The minimum Gasteiger partial charge on any atom is -0.379 e.